The van der Waals surface area contributed by atoms with Crippen molar-refractivity contribution in [3.05, 3.63) is 41.6 Å². The summed E-state index contributed by atoms with van der Waals surface area (Å²) in [6, 6.07) is 8.95. The Morgan fingerprint density at radius 2 is 2.10 bits per heavy atom. The SMILES string of the molecule is COC(=O)C(O)CNC(=O)c1cc(C)nc2ccccc12. The third-order valence-electron chi connectivity index (χ3n) is 3.02. The van der Waals surface area contributed by atoms with Crippen molar-refractivity contribution < 1.29 is 19.4 Å². The number of aromatic nitrogens is 1. The van der Waals surface area contributed by atoms with E-state index >= 15 is 0 Å². The number of benzene rings is 1. The van der Waals surface area contributed by atoms with Crippen molar-refractivity contribution >= 4 is 22.8 Å². The van der Waals surface area contributed by atoms with E-state index in [2.05, 4.69) is 15.0 Å². The van der Waals surface area contributed by atoms with Gasteiger partial charge in [-0.25, -0.2) is 4.79 Å². The van der Waals surface area contributed by atoms with Crippen LogP contribution in [0.15, 0.2) is 30.3 Å². The largest absolute Gasteiger partial charge is 0.467 e. The molecule has 2 N–H and O–H groups in total. The van der Waals surface area contributed by atoms with E-state index in [1.165, 1.54) is 7.11 Å². The summed E-state index contributed by atoms with van der Waals surface area (Å²) in [5.41, 5.74) is 1.89. The number of rotatable bonds is 4. The van der Waals surface area contributed by atoms with Crippen LogP contribution in [0.3, 0.4) is 0 Å². The molecule has 1 aromatic carbocycles. The molecule has 6 heteroatoms. The quantitative estimate of drug-likeness (QED) is 0.813. The number of para-hydroxylation sites is 1. The average molecular weight is 288 g/mol. The normalized spacial score (nSPS) is 12.0. The highest BCUT2D eigenvalue weighted by molar-refractivity contribution is 6.06. The fourth-order valence-electron chi connectivity index (χ4n) is 2.00. The van der Waals surface area contributed by atoms with Gasteiger partial charge in [-0.15, -0.1) is 0 Å². The predicted octanol–water partition coefficient (Wildman–Crippen LogP) is 0.807. The van der Waals surface area contributed by atoms with E-state index < -0.39 is 12.1 Å². The molecule has 1 aromatic heterocycles. The number of fused-ring (bicyclic) bond motifs is 1. The molecule has 0 saturated carbocycles. The van der Waals surface area contributed by atoms with Gasteiger partial charge in [0.2, 0.25) is 0 Å². The number of aliphatic hydroxyl groups excluding tert-OH is 1. The molecule has 110 valence electrons. The summed E-state index contributed by atoms with van der Waals surface area (Å²) in [5, 5.41) is 12.7. The first kappa shape index (κ1) is 14.9. The maximum absolute atomic E-state index is 12.2. The summed E-state index contributed by atoms with van der Waals surface area (Å²) in [7, 11) is 1.17. The molecule has 0 bridgehead atoms. The van der Waals surface area contributed by atoms with Gasteiger partial charge in [0.25, 0.3) is 5.91 Å². The fourth-order valence-corrected chi connectivity index (χ4v) is 2.00. The molecule has 6 nitrogen and oxygen atoms in total. The van der Waals surface area contributed by atoms with Gasteiger partial charge < -0.3 is 15.2 Å². The number of esters is 1. The highest BCUT2D eigenvalue weighted by Crippen LogP contribution is 2.18. The molecule has 1 amide bonds. The van der Waals surface area contributed by atoms with Gasteiger partial charge in [-0.1, -0.05) is 18.2 Å². The number of amides is 1. The predicted molar refractivity (Wildman–Crippen MR) is 76.8 cm³/mol. The number of pyridine rings is 1. The molecule has 0 aliphatic carbocycles. The number of hydrogen-bond acceptors (Lipinski definition) is 5. The topological polar surface area (TPSA) is 88.5 Å². The number of methoxy groups -OCH3 is 1. The Hall–Kier alpha value is -2.47. The summed E-state index contributed by atoms with van der Waals surface area (Å²) < 4.78 is 4.39. The van der Waals surface area contributed by atoms with E-state index in [4.69, 9.17) is 0 Å². The fraction of sp³-hybridized carbons (Fsp3) is 0.267. The number of hydrogen-bond donors (Lipinski definition) is 2. The first-order valence-electron chi connectivity index (χ1n) is 6.43. The van der Waals surface area contributed by atoms with E-state index in [9.17, 15) is 14.7 Å². The van der Waals surface area contributed by atoms with Gasteiger partial charge in [-0.3, -0.25) is 9.78 Å². The van der Waals surface area contributed by atoms with Crippen molar-refractivity contribution in [1.82, 2.24) is 10.3 Å². The van der Waals surface area contributed by atoms with Gasteiger partial charge in [0.05, 0.1) is 24.7 Å². The summed E-state index contributed by atoms with van der Waals surface area (Å²) in [5.74, 6) is -1.16. The third-order valence-corrected chi connectivity index (χ3v) is 3.02. The van der Waals surface area contributed by atoms with Crippen LogP contribution >= 0.6 is 0 Å². The van der Waals surface area contributed by atoms with Crippen LogP contribution in [0.5, 0.6) is 0 Å². The molecule has 2 rings (SSSR count). The number of aliphatic hydroxyl groups is 1. The molecule has 0 fully saturated rings. The highest BCUT2D eigenvalue weighted by Gasteiger charge is 2.18. The molecule has 0 radical (unpaired) electrons. The van der Waals surface area contributed by atoms with Crippen molar-refractivity contribution in [2.24, 2.45) is 0 Å². The van der Waals surface area contributed by atoms with E-state index in [0.29, 0.717) is 16.6 Å². The number of carbonyl (C=O) groups excluding carboxylic acids is 2. The molecular weight excluding hydrogens is 272 g/mol. The minimum atomic E-state index is -1.38. The smallest absolute Gasteiger partial charge is 0.336 e. The molecule has 2 aromatic rings. The van der Waals surface area contributed by atoms with E-state index in [1.807, 2.05) is 18.2 Å². The van der Waals surface area contributed by atoms with Crippen molar-refractivity contribution in [3.63, 3.8) is 0 Å². The summed E-state index contributed by atoms with van der Waals surface area (Å²) in [4.78, 5) is 27.7. The number of aryl methyl sites for hydroxylation is 1. The van der Waals surface area contributed by atoms with Crippen LogP contribution in [-0.2, 0) is 9.53 Å². The van der Waals surface area contributed by atoms with Crippen molar-refractivity contribution in [1.29, 1.82) is 0 Å². The first-order valence-corrected chi connectivity index (χ1v) is 6.43. The summed E-state index contributed by atoms with van der Waals surface area (Å²) in [6.45, 7) is 1.59. The van der Waals surface area contributed by atoms with Gasteiger partial charge in [0, 0.05) is 11.1 Å². The standard InChI is InChI=1S/C15H16N2O4/c1-9-7-11(10-5-3-4-6-12(10)17-9)14(19)16-8-13(18)15(20)21-2/h3-7,13,18H,8H2,1-2H3,(H,16,19). The maximum atomic E-state index is 12.2. The lowest BCUT2D eigenvalue weighted by Crippen LogP contribution is -2.37. The van der Waals surface area contributed by atoms with Crippen LogP contribution in [-0.4, -0.2) is 41.7 Å². The Kier molecular flexibility index (Phi) is 4.49. The molecular formula is C15H16N2O4. The second-order valence-corrected chi connectivity index (χ2v) is 4.58. The second kappa shape index (κ2) is 6.32. The van der Waals surface area contributed by atoms with Crippen molar-refractivity contribution in [3.8, 4) is 0 Å². The van der Waals surface area contributed by atoms with Crippen LogP contribution in [0.1, 0.15) is 16.1 Å². The molecule has 0 saturated heterocycles. The zero-order chi connectivity index (χ0) is 15.4. The van der Waals surface area contributed by atoms with E-state index in [0.717, 1.165) is 5.52 Å². The average Bonchev–Trinajstić information content (AvgIpc) is 2.50. The van der Waals surface area contributed by atoms with Crippen LogP contribution in [0.2, 0.25) is 0 Å². The molecule has 0 aliphatic heterocycles. The highest BCUT2D eigenvalue weighted by atomic mass is 16.5. The van der Waals surface area contributed by atoms with Crippen molar-refractivity contribution in [2.75, 3.05) is 13.7 Å². The molecule has 0 aliphatic rings. The Bertz CT molecular complexity index is 684. The van der Waals surface area contributed by atoms with Gasteiger partial charge in [-0.2, -0.15) is 0 Å². The molecule has 0 spiro atoms. The molecule has 21 heavy (non-hydrogen) atoms. The van der Waals surface area contributed by atoms with E-state index in [1.54, 1.807) is 19.1 Å². The van der Waals surface area contributed by atoms with Crippen molar-refractivity contribution in [2.45, 2.75) is 13.0 Å². The van der Waals surface area contributed by atoms with Gasteiger partial charge in [-0.05, 0) is 19.1 Å². The van der Waals surface area contributed by atoms with Crippen LogP contribution in [0, 0.1) is 6.92 Å². The molecule has 1 heterocycles. The molecule has 1 atom stereocenters. The van der Waals surface area contributed by atoms with Crippen LogP contribution in [0.4, 0.5) is 0 Å². The number of carbonyl (C=O) groups is 2. The second-order valence-electron chi connectivity index (χ2n) is 4.58. The number of nitrogens with one attached hydrogen (secondary N) is 1. The van der Waals surface area contributed by atoms with Gasteiger partial charge in [0.15, 0.2) is 6.10 Å². The van der Waals surface area contributed by atoms with Gasteiger partial charge in [0.1, 0.15) is 0 Å². The number of ether oxygens (including phenoxy) is 1. The van der Waals surface area contributed by atoms with Crippen LogP contribution in [0.25, 0.3) is 10.9 Å². The lowest BCUT2D eigenvalue weighted by molar-refractivity contribution is -0.149. The summed E-state index contributed by atoms with van der Waals surface area (Å²) >= 11 is 0. The Morgan fingerprint density at radius 3 is 2.81 bits per heavy atom. The third kappa shape index (κ3) is 3.35. The summed E-state index contributed by atoms with van der Waals surface area (Å²) in [6.07, 6.45) is -1.38. The Morgan fingerprint density at radius 1 is 1.38 bits per heavy atom. The number of nitrogens with zero attached hydrogens (tertiary/aromatic N) is 1. The first-order chi connectivity index (χ1) is 10.0. The van der Waals surface area contributed by atoms with Gasteiger partial charge >= 0.3 is 5.97 Å². The maximum Gasteiger partial charge on any atom is 0.336 e. The lowest BCUT2D eigenvalue weighted by Gasteiger charge is -2.11. The monoisotopic (exact) mass is 288 g/mol. The zero-order valence-electron chi connectivity index (χ0n) is 11.8. The Labute approximate surface area is 121 Å². The lowest BCUT2D eigenvalue weighted by atomic mass is 10.1. The Balaban J connectivity index is 2.22. The minimum absolute atomic E-state index is 0.207. The minimum Gasteiger partial charge on any atom is -0.467 e. The van der Waals surface area contributed by atoms with E-state index in [-0.39, 0.29) is 12.5 Å². The van der Waals surface area contributed by atoms with Crippen LogP contribution < -0.4 is 5.32 Å². The zero-order valence-corrected chi connectivity index (χ0v) is 11.8. The molecule has 1 unspecified atom stereocenters.